The zero-order chi connectivity index (χ0) is 10.6. The van der Waals surface area contributed by atoms with E-state index in [4.69, 9.17) is 0 Å². The number of anilines is 1. The molecule has 1 aromatic carbocycles. The maximum absolute atomic E-state index is 3.33. The van der Waals surface area contributed by atoms with E-state index in [0.29, 0.717) is 5.92 Å². The Bertz CT molecular complexity index is 291. The van der Waals surface area contributed by atoms with Crippen LogP contribution >= 0.6 is 0 Å². The maximum atomic E-state index is 3.33. The molecular weight excluding hydrogens is 170 g/mol. The standard InChI is InChI=1S/C13H21N/c1-5-10(3)13-8-7-12(14-6-2)9-11(13)4/h7-10,14H,5-6H2,1-4H3. The van der Waals surface area contributed by atoms with Gasteiger partial charge in [0, 0.05) is 12.2 Å². The molecule has 1 N–H and O–H groups in total. The summed E-state index contributed by atoms with van der Waals surface area (Å²) in [5, 5.41) is 3.33. The molecule has 1 unspecified atom stereocenters. The van der Waals surface area contributed by atoms with E-state index in [9.17, 15) is 0 Å². The highest BCUT2D eigenvalue weighted by molar-refractivity contribution is 5.49. The molecule has 0 aromatic heterocycles. The van der Waals surface area contributed by atoms with Crippen LogP contribution in [-0.2, 0) is 0 Å². The fourth-order valence-electron chi connectivity index (χ4n) is 1.76. The van der Waals surface area contributed by atoms with Crippen LogP contribution in [0.25, 0.3) is 0 Å². The Balaban J connectivity index is 2.89. The van der Waals surface area contributed by atoms with E-state index in [1.807, 2.05) is 0 Å². The number of hydrogen-bond acceptors (Lipinski definition) is 1. The Labute approximate surface area is 87.5 Å². The van der Waals surface area contributed by atoms with Crippen LogP contribution in [0.3, 0.4) is 0 Å². The molecule has 1 atom stereocenters. The summed E-state index contributed by atoms with van der Waals surface area (Å²) in [6.07, 6.45) is 1.21. The van der Waals surface area contributed by atoms with Crippen molar-refractivity contribution in [3.8, 4) is 0 Å². The van der Waals surface area contributed by atoms with Gasteiger partial charge in [-0.2, -0.15) is 0 Å². The molecule has 0 heterocycles. The van der Waals surface area contributed by atoms with Crippen molar-refractivity contribution in [3.05, 3.63) is 29.3 Å². The quantitative estimate of drug-likeness (QED) is 0.760. The molecule has 0 amide bonds. The molecule has 1 nitrogen and oxygen atoms in total. The highest BCUT2D eigenvalue weighted by Gasteiger charge is 2.06. The largest absolute Gasteiger partial charge is 0.385 e. The van der Waals surface area contributed by atoms with Crippen LogP contribution in [0.4, 0.5) is 5.69 Å². The van der Waals surface area contributed by atoms with Gasteiger partial charge in [0.05, 0.1) is 0 Å². The Kier molecular flexibility index (Phi) is 3.99. The first-order valence-electron chi connectivity index (χ1n) is 5.53. The molecule has 78 valence electrons. The van der Waals surface area contributed by atoms with Crippen molar-refractivity contribution in [3.63, 3.8) is 0 Å². The predicted molar refractivity (Wildman–Crippen MR) is 64.0 cm³/mol. The van der Waals surface area contributed by atoms with E-state index in [-0.39, 0.29) is 0 Å². The second kappa shape index (κ2) is 5.04. The summed E-state index contributed by atoms with van der Waals surface area (Å²) in [5.74, 6) is 0.672. The van der Waals surface area contributed by atoms with Gasteiger partial charge in [0.25, 0.3) is 0 Å². The number of rotatable bonds is 4. The van der Waals surface area contributed by atoms with Gasteiger partial charge in [-0.25, -0.2) is 0 Å². The summed E-state index contributed by atoms with van der Waals surface area (Å²) >= 11 is 0. The molecule has 0 aliphatic rings. The zero-order valence-electron chi connectivity index (χ0n) is 9.72. The molecule has 0 saturated heterocycles. The third-order valence-electron chi connectivity index (χ3n) is 2.79. The van der Waals surface area contributed by atoms with Gasteiger partial charge < -0.3 is 5.32 Å². The first-order valence-corrected chi connectivity index (χ1v) is 5.53. The molecule has 0 bridgehead atoms. The van der Waals surface area contributed by atoms with Gasteiger partial charge in [-0.3, -0.25) is 0 Å². The summed E-state index contributed by atoms with van der Waals surface area (Å²) in [6, 6.07) is 6.67. The molecule has 0 aliphatic heterocycles. The molecule has 1 aromatic rings. The summed E-state index contributed by atoms with van der Waals surface area (Å²) < 4.78 is 0. The normalized spacial score (nSPS) is 12.6. The Hall–Kier alpha value is -0.980. The molecule has 0 aliphatic carbocycles. The van der Waals surface area contributed by atoms with Crippen molar-refractivity contribution < 1.29 is 0 Å². The van der Waals surface area contributed by atoms with Crippen molar-refractivity contribution in [1.82, 2.24) is 0 Å². The highest BCUT2D eigenvalue weighted by atomic mass is 14.8. The highest BCUT2D eigenvalue weighted by Crippen LogP contribution is 2.24. The average Bonchev–Trinajstić information content (AvgIpc) is 2.17. The van der Waals surface area contributed by atoms with Gasteiger partial charge in [-0.1, -0.05) is 19.9 Å². The van der Waals surface area contributed by atoms with Crippen LogP contribution < -0.4 is 5.32 Å². The van der Waals surface area contributed by atoms with E-state index < -0.39 is 0 Å². The summed E-state index contributed by atoms with van der Waals surface area (Å²) in [5.41, 5.74) is 4.11. The number of nitrogens with one attached hydrogen (secondary N) is 1. The first kappa shape index (κ1) is 11.1. The Morgan fingerprint density at radius 3 is 2.50 bits per heavy atom. The van der Waals surface area contributed by atoms with Crippen molar-refractivity contribution >= 4 is 5.69 Å². The van der Waals surface area contributed by atoms with Gasteiger partial charge >= 0.3 is 0 Å². The lowest BCUT2D eigenvalue weighted by Gasteiger charge is -2.14. The van der Waals surface area contributed by atoms with Gasteiger partial charge in [0.2, 0.25) is 0 Å². The van der Waals surface area contributed by atoms with Gasteiger partial charge in [-0.15, -0.1) is 0 Å². The smallest absolute Gasteiger partial charge is 0.0342 e. The van der Waals surface area contributed by atoms with Crippen LogP contribution in [0.5, 0.6) is 0 Å². The van der Waals surface area contributed by atoms with Crippen molar-refractivity contribution in [2.75, 3.05) is 11.9 Å². The summed E-state index contributed by atoms with van der Waals surface area (Å²) in [4.78, 5) is 0. The third-order valence-corrected chi connectivity index (χ3v) is 2.79. The minimum atomic E-state index is 0.672. The molecule has 14 heavy (non-hydrogen) atoms. The van der Waals surface area contributed by atoms with Crippen LogP contribution in [0.1, 0.15) is 44.2 Å². The van der Waals surface area contributed by atoms with E-state index in [1.54, 1.807) is 0 Å². The first-order chi connectivity index (χ1) is 6.69. The van der Waals surface area contributed by atoms with E-state index in [0.717, 1.165) is 6.54 Å². The van der Waals surface area contributed by atoms with Crippen molar-refractivity contribution in [1.29, 1.82) is 0 Å². The minimum Gasteiger partial charge on any atom is -0.385 e. The van der Waals surface area contributed by atoms with Gasteiger partial charge in [0.1, 0.15) is 0 Å². The Morgan fingerprint density at radius 1 is 1.29 bits per heavy atom. The molecule has 0 saturated carbocycles. The van der Waals surface area contributed by atoms with Crippen molar-refractivity contribution in [2.24, 2.45) is 0 Å². The number of benzene rings is 1. The lowest BCUT2D eigenvalue weighted by atomic mass is 9.94. The second-order valence-corrected chi connectivity index (χ2v) is 3.91. The fraction of sp³-hybridized carbons (Fsp3) is 0.538. The summed E-state index contributed by atoms with van der Waals surface area (Å²) in [7, 11) is 0. The van der Waals surface area contributed by atoms with Crippen LogP contribution in [0.2, 0.25) is 0 Å². The molecular formula is C13H21N. The van der Waals surface area contributed by atoms with E-state index in [2.05, 4.69) is 51.2 Å². The number of hydrogen-bond donors (Lipinski definition) is 1. The Morgan fingerprint density at radius 2 is 2.00 bits per heavy atom. The molecule has 0 spiro atoms. The monoisotopic (exact) mass is 191 g/mol. The van der Waals surface area contributed by atoms with Gasteiger partial charge in [-0.05, 0) is 49.4 Å². The maximum Gasteiger partial charge on any atom is 0.0342 e. The lowest BCUT2D eigenvalue weighted by molar-refractivity contribution is 0.728. The van der Waals surface area contributed by atoms with E-state index in [1.165, 1.54) is 23.2 Å². The second-order valence-electron chi connectivity index (χ2n) is 3.91. The summed E-state index contributed by atoms with van der Waals surface area (Å²) in [6.45, 7) is 9.83. The predicted octanol–water partition coefficient (Wildman–Crippen LogP) is 3.94. The van der Waals surface area contributed by atoms with E-state index >= 15 is 0 Å². The van der Waals surface area contributed by atoms with Gasteiger partial charge in [0.15, 0.2) is 0 Å². The topological polar surface area (TPSA) is 12.0 Å². The van der Waals surface area contributed by atoms with Crippen molar-refractivity contribution in [2.45, 2.75) is 40.0 Å². The molecule has 0 radical (unpaired) electrons. The fourth-order valence-corrected chi connectivity index (χ4v) is 1.76. The van der Waals surface area contributed by atoms with Crippen LogP contribution in [0.15, 0.2) is 18.2 Å². The molecule has 1 heteroatoms. The van der Waals surface area contributed by atoms with Crippen LogP contribution in [-0.4, -0.2) is 6.54 Å². The number of aryl methyl sites for hydroxylation is 1. The average molecular weight is 191 g/mol. The molecule has 0 fully saturated rings. The van der Waals surface area contributed by atoms with Crippen LogP contribution in [0, 0.1) is 6.92 Å². The third kappa shape index (κ3) is 2.50. The molecule has 1 rings (SSSR count). The lowest BCUT2D eigenvalue weighted by Crippen LogP contribution is -1.99. The zero-order valence-corrected chi connectivity index (χ0v) is 9.72. The minimum absolute atomic E-state index is 0.672. The SMILES string of the molecule is CCNc1ccc(C(C)CC)c(C)c1.